The van der Waals surface area contributed by atoms with E-state index in [2.05, 4.69) is 228 Å². The van der Waals surface area contributed by atoms with Crippen LogP contribution in [-0.4, -0.2) is 4.57 Å². The first-order valence-electron chi connectivity index (χ1n) is 19.0. The number of rotatable bonds is 6. The summed E-state index contributed by atoms with van der Waals surface area (Å²) in [6, 6.07) is 80.1. The Morgan fingerprint density at radius 1 is 0.382 bits per heavy atom. The van der Waals surface area contributed by atoms with E-state index >= 15 is 0 Å². The monoisotopic (exact) mass is 700 g/mol. The molecule has 0 aliphatic heterocycles. The third kappa shape index (κ3) is 4.62. The van der Waals surface area contributed by atoms with Crippen LogP contribution in [0.3, 0.4) is 0 Å². The maximum Gasteiger partial charge on any atom is 0.0715 e. The first-order valence-corrected chi connectivity index (χ1v) is 19.0. The van der Waals surface area contributed by atoms with E-state index in [1.165, 1.54) is 71.6 Å². The lowest BCUT2D eigenvalue weighted by molar-refractivity contribution is 0.768. The highest BCUT2D eigenvalue weighted by Gasteiger charge is 2.47. The molecule has 9 aromatic carbocycles. The molecule has 0 fully saturated rings. The van der Waals surface area contributed by atoms with Gasteiger partial charge in [-0.05, 0) is 81.7 Å². The van der Waals surface area contributed by atoms with Gasteiger partial charge in [0.15, 0.2) is 0 Å². The number of benzene rings is 9. The van der Waals surface area contributed by atoms with Crippen LogP contribution >= 0.6 is 0 Å². The summed E-state index contributed by atoms with van der Waals surface area (Å²) in [7, 11) is 0. The molecule has 258 valence electrons. The smallest absolute Gasteiger partial charge is 0.0715 e. The maximum absolute atomic E-state index is 2.49. The lowest BCUT2D eigenvalue weighted by Gasteiger charge is -2.35. The number of para-hydroxylation sites is 3. The van der Waals surface area contributed by atoms with Crippen LogP contribution in [0.1, 0.15) is 22.3 Å². The van der Waals surface area contributed by atoms with E-state index in [-0.39, 0.29) is 0 Å². The first kappa shape index (κ1) is 31.4. The average molecular weight is 701 g/mol. The Morgan fingerprint density at radius 3 is 1.60 bits per heavy atom. The van der Waals surface area contributed by atoms with Crippen molar-refractivity contribution in [2.24, 2.45) is 0 Å². The van der Waals surface area contributed by atoms with Gasteiger partial charge in [0.05, 0.1) is 27.8 Å². The first-order chi connectivity index (χ1) is 27.3. The average Bonchev–Trinajstić information content (AvgIpc) is 3.76. The molecule has 1 aliphatic carbocycles. The molecule has 1 aliphatic rings. The fourth-order valence-corrected chi connectivity index (χ4v) is 9.42. The number of aromatic nitrogens is 1. The van der Waals surface area contributed by atoms with E-state index in [9.17, 15) is 0 Å². The molecule has 55 heavy (non-hydrogen) atoms. The highest BCUT2D eigenvalue weighted by Crippen LogP contribution is 2.59. The number of hydrogen-bond acceptors (Lipinski definition) is 1. The van der Waals surface area contributed by atoms with Crippen molar-refractivity contribution in [1.82, 2.24) is 4.57 Å². The topological polar surface area (TPSA) is 8.17 Å². The number of anilines is 3. The van der Waals surface area contributed by atoms with Crippen LogP contribution in [0.2, 0.25) is 0 Å². The predicted octanol–water partition coefficient (Wildman–Crippen LogP) is 13.8. The molecule has 0 bridgehead atoms. The second kappa shape index (κ2) is 12.5. The van der Waals surface area contributed by atoms with Crippen LogP contribution in [0.15, 0.2) is 218 Å². The van der Waals surface area contributed by atoms with Gasteiger partial charge in [-0.2, -0.15) is 0 Å². The van der Waals surface area contributed by atoms with Crippen molar-refractivity contribution in [3.8, 4) is 16.8 Å². The summed E-state index contributed by atoms with van der Waals surface area (Å²) in [5.41, 5.74) is 13.9. The second-order valence-electron chi connectivity index (χ2n) is 14.5. The molecule has 2 heteroatoms. The van der Waals surface area contributed by atoms with E-state index in [0.717, 1.165) is 17.1 Å². The van der Waals surface area contributed by atoms with Crippen LogP contribution in [-0.2, 0) is 5.41 Å². The second-order valence-corrected chi connectivity index (χ2v) is 14.5. The van der Waals surface area contributed by atoms with Crippen molar-refractivity contribution in [3.63, 3.8) is 0 Å². The molecule has 10 aromatic rings. The molecular weight excluding hydrogens is 665 g/mol. The van der Waals surface area contributed by atoms with Gasteiger partial charge in [0.2, 0.25) is 0 Å². The Bertz CT molecular complexity index is 2940. The molecule has 1 aromatic heterocycles. The zero-order chi connectivity index (χ0) is 36.3. The van der Waals surface area contributed by atoms with E-state index < -0.39 is 5.41 Å². The minimum absolute atomic E-state index is 0.584. The predicted molar refractivity (Wildman–Crippen MR) is 230 cm³/mol. The molecule has 0 atom stereocenters. The molecule has 11 rings (SSSR count). The van der Waals surface area contributed by atoms with E-state index in [0.29, 0.717) is 0 Å². The molecule has 2 nitrogen and oxygen atoms in total. The number of fused-ring (bicyclic) bond motifs is 7. The molecule has 0 N–H and O–H groups in total. The third-order valence-electron chi connectivity index (χ3n) is 11.6. The van der Waals surface area contributed by atoms with E-state index in [4.69, 9.17) is 0 Å². The van der Waals surface area contributed by atoms with Crippen LogP contribution in [0.5, 0.6) is 0 Å². The van der Waals surface area contributed by atoms with Crippen molar-refractivity contribution in [2.45, 2.75) is 5.41 Å². The summed E-state index contributed by atoms with van der Waals surface area (Å²) in [6.07, 6.45) is 0. The maximum atomic E-state index is 2.49. The minimum Gasteiger partial charge on any atom is -0.310 e. The van der Waals surface area contributed by atoms with Crippen LogP contribution < -0.4 is 4.90 Å². The summed E-state index contributed by atoms with van der Waals surface area (Å²) in [5, 5.41) is 4.95. The van der Waals surface area contributed by atoms with Gasteiger partial charge in [-0.25, -0.2) is 0 Å². The fourth-order valence-electron chi connectivity index (χ4n) is 9.42. The number of nitrogens with zero attached hydrogens (tertiary/aromatic N) is 2. The molecule has 0 saturated heterocycles. The van der Waals surface area contributed by atoms with Crippen molar-refractivity contribution < 1.29 is 0 Å². The van der Waals surface area contributed by atoms with Gasteiger partial charge >= 0.3 is 0 Å². The van der Waals surface area contributed by atoms with Gasteiger partial charge < -0.3 is 9.47 Å². The van der Waals surface area contributed by atoms with Crippen LogP contribution in [0, 0.1) is 0 Å². The SMILES string of the molecule is c1ccc(N(c2ccc3c(c2)C(c2ccccc2)(c2ccccc2)c2cccc(-n4c5ccccc5c5ccccc54)c2-3)c2cccc3ccccc23)cc1. The Labute approximate surface area is 320 Å². The van der Waals surface area contributed by atoms with Crippen LogP contribution in [0.25, 0.3) is 49.4 Å². The van der Waals surface area contributed by atoms with Crippen molar-refractivity contribution in [3.05, 3.63) is 241 Å². The minimum atomic E-state index is -0.584. The van der Waals surface area contributed by atoms with Gasteiger partial charge in [-0.1, -0.05) is 170 Å². The molecule has 0 saturated carbocycles. The van der Waals surface area contributed by atoms with Gasteiger partial charge in [0, 0.05) is 33.1 Å². The van der Waals surface area contributed by atoms with E-state index in [1.54, 1.807) is 0 Å². The van der Waals surface area contributed by atoms with Gasteiger partial charge in [0.1, 0.15) is 0 Å². The molecular formula is C53H36N2. The molecule has 0 unspecified atom stereocenters. The normalized spacial score (nSPS) is 12.9. The van der Waals surface area contributed by atoms with Crippen molar-refractivity contribution >= 4 is 49.6 Å². The molecule has 1 heterocycles. The van der Waals surface area contributed by atoms with Gasteiger partial charge in [-0.3, -0.25) is 0 Å². The molecule has 0 radical (unpaired) electrons. The summed E-state index contributed by atoms with van der Waals surface area (Å²) in [5.74, 6) is 0. The third-order valence-corrected chi connectivity index (χ3v) is 11.6. The summed E-state index contributed by atoms with van der Waals surface area (Å²) in [6.45, 7) is 0. The van der Waals surface area contributed by atoms with Gasteiger partial charge in [0.25, 0.3) is 0 Å². The fraction of sp³-hybridized carbons (Fsp3) is 0.0189. The Balaban J connectivity index is 1.27. The highest BCUT2D eigenvalue weighted by molar-refractivity contribution is 6.10. The molecule has 0 amide bonds. The zero-order valence-electron chi connectivity index (χ0n) is 30.2. The Kier molecular flexibility index (Phi) is 7.11. The van der Waals surface area contributed by atoms with E-state index in [1.807, 2.05) is 0 Å². The zero-order valence-corrected chi connectivity index (χ0v) is 30.2. The lowest BCUT2D eigenvalue weighted by Crippen LogP contribution is -2.28. The summed E-state index contributed by atoms with van der Waals surface area (Å²) >= 11 is 0. The largest absolute Gasteiger partial charge is 0.310 e. The standard InChI is InChI=1S/C53H36N2/c1-4-20-38(21-5-1)53(39-22-6-2-7-23-39)46-29-17-33-51(55-49-30-14-12-27-43(49)44-28-13-15-31-50(44)55)52(46)45-35-34-41(36-47(45)53)54(40-24-8-3-9-25-40)48-32-16-19-37-18-10-11-26-42(37)48/h1-36H. The Hall–Kier alpha value is -7.16. The van der Waals surface area contributed by atoms with Gasteiger partial charge in [-0.15, -0.1) is 0 Å². The van der Waals surface area contributed by atoms with Crippen molar-refractivity contribution in [1.29, 1.82) is 0 Å². The quantitative estimate of drug-likeness (QED) is 0.168. The highest BCUT2D eigenvalue weighted by atomic mass is 15.1. The molecule has 0 spiro atoms. The summed E-state index contributed by atoms with van der Waals surface area (Å²) < 4.78 is 2.49. The Morgan fingerprint density at radius 2 is 0.927 bits per heavy atom. The lowest BCUT2D eigenvalue weighted by atomic mass is 9.67. The summed E-state index contributed by atoms with van der Waals surface area (Å²) in [4.78, 5) is 2.43. The van der Waals surface area contributed by atoms with Crippen molar-refractivity contribution in [2.75, 3.05) is 4.90 Å². The van der Waals surface area contributed by atoms with Crippen LogP contribution in [0.4, 0.5) is 17.1 Å². The number of hydrogen-bond donors (Lipinski definition) is 0.